The average molecular weight is 228 g/mol. The fourth-order valence-corrected chi connectivity index (χ4v) is 1.82. The highest BCUT2D eigenvalue weighted by Crippen LogP contribution is 2.21. The summed E-state index contributed by atoms with van der Waals surface area (Å²) in [6, 6.07) is 0. The van der Waals surface area contributed by atoms with Crippen molar-refractivity contribution in [2.75, 3.05) is 0 Å². The monoisotopic (exact) mass is 228 g/mol. The topological polar surface area (TPSA) is 46.5 Å². The highest BCUT2D eigenvalue weighted by atomic mass is 16.5. The second kappa shape index (κ2) is 5.11. The zero-order chi connectivity index (χ0) is 13.1. The first-order valence-electron chi connectivity index (χ1n) is 5.56. The van der Waals surface area contributed by atoms with Crippen LogP contribution < -0.4 is 0 Å². The van der Waals surface area contributed by atoms with E-state index in [1.54, 1.807) is 34.6 Å². The first-order valence-corrected chi connectivity index (χ1v) is 5.56. The van der Waals surface area contributed by atoms with Gasteiger partial charge in [0.2, 0.25) is 0 Å². The van der Waals surface area contributed by atoms with Crippen LogP contribution in [0.3, 0.4) is 0 Å². The largest absolute Gasteiger partial charge is 0.390 e. The van der Waals surface area contributed by atoms with Crippen molar-refractivity contribution in [3.05, 3.63) is 12.2 Å². The summed E-state index contributed by atoms with van der Waals surface area (Å²) in [5, 5.41) is 9.65. The Labute approximate surface area is 98.5 Å². The lowest BCUT2D eigenvalue weighted by Gasteiger charge is -2.30. The summed E-state index contributed by atoms with van der Waals surface area (Å²) in [5.74, 6) is -0.102. The Morgan fingerprint density at radius 1 is 1.38 bits per heavy atom. The molecule has 0 aliphatic carbocycles. The summed E-state index contributed by atoms with van der Waals surface area (Å²) >= 11 is 0. The molecule has 94 valence electrons. The van der Waals surface area contributed by atoms with Crippen molar-refractivity contribution in [3.63, 3.8) is 0 Å². The summed E-state index contributed by atoms with van der Waals surface area (Å²) in [5.41, 5.74) is -1.18. The second-order valence-corrected chi connectivity index (χ2v) is 5.56. The molecule has 0 rings (SSSR count). The zero-order valence-electron chi connectivity index (χ0n) is 11.3. The number of carbonyl (C=O) groups is 1. The maximum atomic E-state index is 11.8. The molecular formula is C13H24O3. The van der Waals surface area contributed by atoms with E-state index in [1.165, 1.54) is 0 Å². The van der Waals surface area contributed by atoms with Gasteiger partial charge in [-0.25, -0.2) is 0 Å². The molecule has 16 heavy (non-hydrogen) atoms. The van der Waals surface area contributed by atoms with Crippen molar-refractivity contribution in [3.8, 4) is 0 Å². The lowest BCUT2D eigenvalue weighted by Crippen LogP contribution is -2.40. The minimum Gasteiger partial charge on any atom is -0.390 e. The molecule has 0 aliphatic rings. The molecule has 0 aromatic carbocycles. The minimum atomic E-state index is -0.878. The lowest BCUT2D eigenvalue weighted by molar-refractivity contribution is -0.146. The Morgan fingerprint density at radius 3 is 2.12 bits per heavy atom. The van der Waals surface area contributed by atoms with Crippen molar-refractivity contribution >= 4 is 5.78 Å². The van der Waals surface area contributed by atoms with Gasteiger partial charge < -0.3 is 9.84 Å². The number of rotatable bonds is 6. The van der Waals surface area contributed by atoms with Gasteiger partial charge >= 0.3 is 0 Å². The van der Waals surface area contributed by atoms with E-state index in [0.717, 1.165) is 0 Å². The summed E-state index contributed by atoms with van der Waals surface area (Å²) in [4.78, 5) is 11.8. The van der Waals surface area contributed by atoms with Gasteiger partial charge in [0.1, 0.15) is 5.60 Å². The van der Waals surface area contributed by atoms with E-state index in [1.807, 2.05) is 6.92 Å². The smallest absolute Gasteiger partial charge is 0.189 e. The third kappa shape index (κ3) is 5.42. The molecule has 1 atom stereocenters. The molecule has 0 aromatic heterocycles. The molecular weight excluding hydrogens is 204 g/mol. The highest BCUT2D eigenvalue weighted by Gasteiger charge is 2.32. The minimum absolute atomic E-state index is 0.102. The standard InChI is InChI=1S/C13H24O3/c1-9(2)11(14)13(6,7)16-10(3)8-12(4,5)15/h10,15H,1,8H2,2-7H3. The third-order valence-corrected chi connectivity index (χ3v) is 2.22. The normalized spacial score (nSPS) is 14.7. The van der Waals surface area contributed by atoms with Crippen LogP contribution in [0.1, 0.15) is 48.0 Å². The molecule has 0 aromatic rings. The highest BCUT2D eigenvalue weighted by molar-refractivity contribution is 6.00. The summed E-state index contributed by atoms with van der Waals surface area (Å²) < 4.78 is 5.67. The van der Waals surface area contributed by atoms with Gasteiger partial charge in [-0.2, -0.15) is 0 Å². The molecule has 0 fully saturated rings. The number of aliphatic hydroxyl groups is 1. The fourth-order valence-electron chi connectivity index (χ4n) is 1.82. The molecule has 0 saturated carbocycles. The van der Waals surface area contributed by atoms with Gasteiger partial charge in [-0.1, -0.05) is 6.58 Å². The van der Waals surface area contributed by atoms with Gasteiger partial charge in [0.25, 0.3) is 0 Å². The Hall–Kier alpha value is -0.670. The molecule has 0 bridgehead atoms. The number of ether oxygens (including phenoxy) is 1. The van der Waals surface area contributed by atoms with Crippen molar-refractivity contribution in [1.82, 2.24) is 0 Å². The summed E-state index contributed by atoms with van der Waals surface area (Å²) in [6.45, 7) is 14.1. The Bertz CT molecular complexity index is 271. The van der Waals surface area contributed by atoms with E-state index < -0.39 is 11.2 Å². The number of hydrogen-bond donors (Lipinski definition) is 1. The molecule has 3 heteroatoms. The predicted molar refractivity (Wildman–Crippen MR) is 65.4 cm³/mol. The third-order valence-electron chi connectivity index (χ3n) is 2.22. The van der Waals surface area contributed by atoms with Gasteiger partial charge in [-0.05, 0) is 47.1 Å². The van der Waals surface area contributed by atoms with Crippen LogP contribution in [0, 0.1) is 0 Å². The van der Waals surface area contributed by atoms with E-state index in [0.29, 0.717) is 12.0 Å². The molecule has 0 saturated heterocycles. The number of hydrogen-bond acceptors (Lipinski definition) is 3. The number of carbonyl (C=O) groups excluding carboxylic acids is 1. The fraction of sp³-hybridized carbons (Fsp3) is 0.769. The van der Waals surface area contributed by atoms with E-state index in [2.05, 4.69) is 6.58 Å². The lowest BCUT2D eigenvalue weighted by atomic mass is 9.96. The number of Topliss-reactive ketones (excluding diaryl/α,β-unsaturated/α-hetero) is 1. The van der Waals surface area contributed by atoms with Crippen LogP contribution in [0.15, 0.2) is 12.2 Å². The van der Waals surface area contributed by atoms with Crippen LogP contribution in [0.5, 0.6) is 0 Å². The molecule has 1 N–H and O–H groups in total. The molecule has 3 nitrogen and oxygen atoms in total. The Morgan fingerprint density at radius 2 is 1.81 bits per heavy atom. The van der Waals surface area contributed by atoms with Crippen LogP contribution >= 0.6 is 0 Å². The first-order chi connectivity index (χ1) is 6.96. The Balaban J connectivity index is 4.48. The molecule has 0 aliphatic heterocycles. The van der Waals surface area contributed by atoms with E-state index in [9.17, 15) is 9.90 Å². The van der Waals surface area contributed by atoms with Crippen molar-refractivity contribution in [1.29, 1.82) is 0 Å². The van der Waals surface area contributed by atoms with Crippen LogP contribution in [0.4, 0.5) is 0 Å². The molecule has 1 unspecified atom stereocenters. The van der Waals surface area contributed by atoms with Gasteiger partial charge in [0.15, 0.2) is 5.78 Å². The van der Waals surface area contributed by atoms with Crippen molar-refractivity contribution in [2.24, 2.45) is 0 Å². The average Bonchev–Trinajstić information content (AvgIpc) is 1.97. The molecule has 0 radical (unpaired) electrons. The van der Waals surface area contributed by atoms with Crippen molar-refractivity contribution < 1.29 is 14.6 Å². The van der Waals surface area contributed by atoms with Gasteiger partial charge in [-0.3, -0.25) is 4.79 Å². The molecule has 0 heterocycles. The SMILES string of the molecule is C=C(C)C(=O)C(C)(C)OC(C)CC(C)(C)O. The van der Waals surface area contributed by atoms with Gasteiger partial charge in [0.05, 0.1) is 11.7 Å². The second-order valence-electron chi connectivity index (χ2n) is 5.56. The van der Waals surface area contributed by atoms with Crippen molar-refractivity contribution in [2.45, 2.75) is 65.3 Å². The molecule has 0 amide bonds. The van der Waals surface area contributed by atoms with Gasteiger partial charge in [0, 0.05) is 6.42 Å². The quantitative estimate of drug-likeness (QED) is 0.710. The first kappa shape index (κ1) is 15.3. The Kier molecular flexibility index (Phi) is 4.89. The van der Waals surface area contributed by atoms with Crippen LogP contribution in [-0.4, -0.2) is 28.2 Å². The molecule has 0 spiro atoms. The van der Waals surface area contributed by atoms with E-state index in [4.69, 9.17) is 4.74 Å². The maximum absolute atomic E-state index is 11.8. The van der Waals surface area contributed by atoms with Crippen LogP contribution in [0.25, 0.3) is 0 Å². The van der Waals surface area contributed by atoms with Gasteiger partial charge in [-0.15, -0.1) is 0 Å². The number of ketones is 1. The summed E-state index contributed by atoms with van der Waals surface area (Å²) in [6.07, 6.45) is 0.304. The maximum Gasteiger partial charge on any atom is 0.189 e. The predicted octanol–water partition coefficient (Wildman–Crippen LogP) is 2.48. The van der Waals surface area contributed by atoms with E-state index in [-0.39, 0.29) is 11.9 Å². The zero-order valence-corrected chi connectivity index (χ0v) is 11.3. The van der Waals surface area contributed by atoms with Crippen LogP contribution in [-0.2, 0) is 9.53 Å². The van der Waals surface area contributed by atoms with Crippen LogP contribution in [0.2, 0.25) is 0 Å². The van der Waals surface area contributed by atoms with E-state index >= 15 is 0 Å². The summed E-state index contributed by atoms with van der Waals surface area (Å²) in [7, 11) is 0.